The minimum Gasteiger partial charge on any atom is -0.486 e. The molecular formula is C21H22N2O3S. The van der Waals surface area contributed by atoms with Gasteiger partial charge in [0.05, 0.1) is 4.91 Å². The predicted molar refractivity (Wildman–Crippen MR) is 107 cm³/mol. The van der Waals surface area contributed by atoms with E-state index in [1.54, 1.807) is 6.20 Å². The Kier molecular flexibility index (Phi) is 6.19. The highest BCUT2D eigenvalue weighted by Crippen LogP contribution is 2.26. The molecule has 1 N–H and O–H groups in total. The molecule has 1 aliphatic rings. The van der Waals surface area contributed by atoms with Gasteiger partial charge in [-0.25, -0.2) is 0 Å². The van der Waals surface area contributed by atoms with Gasteiger partial charge in [-0.2, -0.15) is 0 Å². The third-order valence-electron chi connectivity index (χ3n) is 4.19. The molecule has 1 fully saturated rings. The molecule has 6 heteroatoms. The van der Waals surface area contributed by atoms with Gasteiger partial charge in [-0.05, 0) is 36.4 Å². The van der Waals surface area contributed by atoms with Crippen molar-refractivity contribution in [2.75, 3.05) is 13.6 Å². The molecule has 0 spiro atoms. The molecule has 140 valence electrons. The molecule has 2 aromatic carbocycles. The Morgan fingerprint density at radius 1 is 1.11 bits per heavy atom. The summed E-state index contributed by atoms with van der Waals surface area (Å²) in [5, 5.41) is 1.94. The number of aryl methyl sites for hydroxylation is 1. The van der Waals surface area contributed by atoms with E-state index in [0.717, 1.165) is 29.5 Å². The highest BCUT2D eigenvalue weighted by molar-refractivity contribution is 8.18. The van der Waals surface area contributed by atoms with Crippen molar-refractivity contribution < 1.29 is 14.3 Å². The van der Waals surface area contributed by atoms with Crippen molar-refractivity contribution in [3.63, 3.8) is 0 Å². The van der Waals surface area contributed by atoms with Crippen LogP contribution in [0.3, 0.4) is 0 Å². The van der Waals surface area contributed by atoms with E-state index < -0.39 is 0 Å². The molecule has 1 unspecified atom stereocenters. The van der Waals surface area contributed by atoms with Crippen molar-refractivity contribution in [3.8, 4) is 5.75 Å². The van der Waals surface area contributed by atoms with Crippen LogP contribution in [0.25, 0.3) is 0 Å². The third kappa shape index (κ3) is 5.37. The van der Waals surface area contributed by atoms with Gasteiger partial charge in [0.1, 0.15) is 11.9 Å². The lowest BCUT2D eigenvalue weighted by atomic mass is 10.1. The number of ether oxygens (including phenoxy) is 1. The van der Waals surface area contributed by atoms with Gasteiger partial charge in [-0.15, -0.1) is 0 Å². The fourth-order valence-corrected chi connectivity index (χ4v) is 3.46. The molecule has 27 heavy (non-hydrogen) atoms. The van der Waals surface area contributed by atoms with Crippen molar-refractivity contribution in [3.05, 3.63) is 76.8 Å². The molecule has 1 aliphatic heterocycles. The van der Waals surface area contributed by atoms with E-state index in [4.69, 9.17) is 4.74 Å². The number of nitrogens with one attached hydrogen (secondary N) is 1. The van der Waals surface area contributed by atoms with Gasteiger partial charge in [-0.3, -0.25) is 14.9 Å². The monoisotopic (exact) mass is 382 g/mol. The van der Waals surface area contributed by atoms with Crippen molar-refractivity contribution >= 4 is 22.9 Å². The van der Waals surface area contributed by atoms with Crippen LogP contribution in [-0.2, 0) is 4.79 Å². The number of nitrogens with zero attached hydrogens (tertiary/aromatic N) is 1. The number of hydrogen-bond donors (Lipinski definition) is 1. The maximum absolute atomic E-state index is 11.7. The number of rotatable bonds is 7. The van der Waals surface area contributed by atoms with Gasteiger partial charge in [0.2, 0.25) is 0 Å². The predicted octanol–water partition coefficient (Wildman–Crippen LogP) is 4.26. The molecule has 2 aromatic rings. The fraction of sp³-hybridized carbons (Fsp3) is 0.238. The molecule has 1 heterocycles. The molecule has 0 aromatic heterocycles. The van der Waals surface area contributed by atoms with Crippen LogP contribution in [-0.4, -0.2) is 29.6 Å². The summed E-state index contributed by atoms with van der Waals surface area (Å²) >= 11 is 0.925. The third-order valence-corrected chi connectivity index (χ3v) is 4.99. The first-order valence-corrected chi connectivity index (χ1v) is 9.56. The first kappa shape index (κ1) is 19.0. The Labute approximate surface area is 163 Å². The van der Waals surface area contributed by atoms with E-state index in [2.05, 4.69) is 17.4 Å². The Balaban J connectivity index is 1.68. The molecule has 2 amide bonds. The van der Waals surface area contributed by atoms with Crippen molar-refractivity contribution in [2.24, 2.45) is 0 Å². The van der Waals surface area contributed by atoms with Gasteiger partial charge in [-0.1, -0.05) is 48.0 Å². The van der Waals surface area contributed by atoms with Gasteiger partial charge in [0.15, 0.2) is 0 Å². The summed E-state index contributed by atoms with van der Waals surface area (Å²) in [6.45, 7) is 2.72. The molecule has 0 bridgehead atoms. The number of carbonyl (C=O) groups excluding carboxylic acids is 2. The molecule has 1 saturated heterocycles. The standard InChI is InChI=1S/C21H22N2O3S/c1-15-8-10-17(11-9-15)26-18(16-6-4-3-5-7-16)12-13-23(2)14-19-20(24)22-21(25)27-19/h3-11,14,18H,12-13H2,1-2H3,(H,22,24,25)/b19-14-. The highest BCUT2D eigenvalue weighted by Gasteiger charge is 2.25. The SMILES string of the molecule is Cc1ccc(OC(CCN(C)/C=C2\SC(=O)NC2=O)c2ccccc2)cc1. The lowest BCUT2D eigenvalue weighted by Crippen LogP contribution is -2.21. The molecule has 0 aliphatic carbocycles. The van der Waals surface area contributed by atoms with Crippen LogP contribution in [0.1, 0.15) is 23.7 Å². The van der Waals surface area contributed by atoms with Crippen LogP contribution < -0.4 is 10.1 Å². The van der Waals surface area contributed by atoms with Crippen LogP contribution >= 0.6 is 11.8 Å². The zero-order chi connectivity index (χ0) is 19.2. The number of imide groups is 1. The maximum Gasteiger partial charge on any atom is 0.290 e. The van der Waals surface area contributed by atoms with Crippen molar-refractivity contribution in [2.45, 2.75) is 19.4 Å². The Morgan fingerprint density at radius 2 is 1.81 bits per heavy atom. The molecule has 3 rings (SSSR count). The normalized spacial score (nSPS) is 16.3. The van der Waals surface area contributed by atoms with Crippen LogP contribution in [0.4, 0.5) is 4.79 Å². The molecule has 0 radical (unpaired) electrons. The lowest BCUT2D eigenvalue weighted by molar-refractivity contribution is -0.115. The van der Waals surface area contributed by atoms with Crippen LogP contribution in [0.2, 0.25) is 0 Å². The zero-order valence-electron chi connectivity index (χ0n) is 15.3. The smallest absolute Gasteiger partial charge is 0.290 e. The second-order valence-corrected chi connectivity index (χ2v) is 7.45. The quantitative estimate of drug-likeness (QED) is 0.725. The van der Waals surface area contributed by atoms with Gasteiger partial charge in [0.25, 0.3) is 11.1 Å². The summed E-state index contributed by atoms with van der Waals surface area (Å²) < 4.78 is 6.23. The first-order valence-electron chi connectivity index (χ1n) is 8.75. The van der Waals surface area contributed by atoms with Crippen LogP contribution in [0.15, 0.2) is 65.7 Å². The summed E-state index contributed by atoms with van der Waals surface area (Å²) in [6, 6.07) is 18.1. The van der Waals surface area contributed by atoms with Crippen LogP contribution in [0.5, 0.6) is 5.75 Å². The molecule has 5 nitrogen and oxygen atoms in total. The summed E-state index contributed by atoms with van der Waals surface area (Å²) in [4.78, 5) is 25.3. The summed E-state index contributed by atoms with van der Waals surface area (Å²) in [5.74, 6) is 0.485. The minimum absolute atomic E-state index is 0.110. The van der Waals surface area contributed by atoms with Gasteiger partial charge >= 0.3 is 0 Å². The summed E-state index contributed by atoms with van der Waals surface area (Å²) in [5.41, 5.74) is 2.29. The average molecular weight is 382 g/mol. The average Bonchev–Trinajstić information content (AvgIpc) is 2.98. The summed E-state index contributed by atoms with van der Waals surface area (Å²) in [7, 11) is 1.89. The van der Waals surface area contributed by atoms with Gasteiger partial charge < -0.3 is 9.64 Å². The Morgan fingerprint density at radius 3 is 2.44 bits per heavy atom. The number of benzene rings is 2. The molecule has 0 saturated carbocycles. The van der Waals surface area contributed by atoms with E-state index in [1.165, 1.54) is 5.56 Å². The fourth-order valence-electron chi connectivity index (χ4n) is 2.74. The lowest BCUT2D eigenvalue weighted by Gasteiger charge is -2.23. The largest absolute Gasteiger partial charge is 0.486 e. The van der Waals surface area contributed by atoms with E-state index in [-0.39, 0.29) is 17.3 Å². The second kappa shape index (κ2) is 8.77. The van der Waals surface area contributed by atoms with E-state index >= 15 is 0 Å². The Hall–Kier alpha value is -2.73. The zero-order valence-corrected chi connectivity index (χ0v) is 16.2. The minimum atomic E-state index is -0.340. The first-order chi connectivity index (χ1) is 13.0. The number of thioether (sulfide) groups is 1. The topological polar surface area (TPSA) is 58.6 Å². The second-order valence-electron chi connectivity index (χ2n) is 6.44. The van der Waals surface area contributed by atoms with E-state index in [1.807, 2.05) is 61.3 Å². The molecular weight excluding hydrogens is 360 g/mol. The van der Waals surface area contributed by atoms with Crippen molar-refractivity contribution in [1.29, 1.82) is 0 Å². The van der Waals surface area contributed by atoms with Crippen molar-refractivity contribution in [1.82, 2.24) is 10.2 Å². The Bertz CT molecular complexity index is 834. The molecule has 1 atom stereocenters. The maximum atomic E-state index is 11.7. The number of carbonyl (C=O) groups is 2. The highest BCUT2D eigenvalue weighted by atomic mass is 32.2. The van der Waals surface area contributed by atoms with Crippen LogP contribution in [0, 0.1) is 6.92 Å². The summed E-state index contributed by atoms with van der Waals surface area (Å²) in [6.07, 6.45) is 2.33. The van der Waals surface area contributed by atoms with E-state index in [0.29, 0.717) is 11.4 Å². The van der Waals surface area contributed by atoms with E-state index in [9.17, 15) is 9.59 Å². The number of hydrogen-bond acceptors (Lipinski definition) is 5. The number of amides is 2. The van der Waals surface area contributed by atoms with Gasteiger partial charge in [0, 0.05) is 26.2 Å².